The van der Waals surface area contributed by atoms with E-state index in [1.54, 1.807) is 30.6 Å². The number of halogens is 1. The van der Waals surface area contributed by atoms with Crippen LogP contribution in [-0.2, 0) is 5.41 Å². The van der Waals surface area contributed by atoms with E-state index in [2.05, 4.69) is 35.6 Å². The minimum atomic E-state index is -0.0436. The number of nitrogens with two attached hydrogens (primary N) is 1. The number of rotatable bonds is 5. The second-order valence-electron chi connectivity index (χ2n) is 5.54. The summed E-state index contributed by atoms with van der Waals surface area (Å²) in [5.74, 6) is 0.993. The monoisotopic (exact) mass is 337 g/mol. The third kappa shape index (κ3) is 4.15. The zero-order valence-corrected chi connectivity index (χ0v) is 14.5. The molecule has 2 rings (SSSR count). The summed E-state index contributed by atoms with van der Waals surface area (Å²) >= 11 is 7.82. The Balaban J connectivity index is 2.02. The van der Waals surface area contributed by atoms with Crippen LogP contribution in [0.2, 0.25) is 5.02 Å². The highest BCUT2D eigenvalue weighted by Crippen LogP contribution is 2.28. The fourth-order valence-corrected chi connectivity index (χ4v) is 3.06. The smallest absolute Gasteiger partial charge is 0.193 e. The molecular formula is C16H20ClN3OS. The lowest BCUT2D eigenvalue weighted by Gasteiger charge is -2.21. The third-order valence-electron chi connectivity index (χ3n) is 3.26. The van der Waals surface area contributed by atoms with Gasteiger partial charge in [-0.1, -0.05) is 31.5 Å². The lowest BCUT2D eigenvalue weighted by molar-refractivity contribution is 0.415. The fourth-order valence-electron chi connectivity index (χ4n) is 1.96. The van der Waals surface area contributed by atoms with Crippen LogP contribution in [0.3, 0.4) is 0 Å². The van der Waals surface area contributed by atoms with Crippen molar-refractivity contribution in [1.29, 1.82) is 0 Å². The Morgan fingerprint density at radius 2 is 2.18 bits per heavy atom. The molecule has 22 heavy (non-hydrogen) atoms. The van der Waals surface area contributed by atoms with E-state index in [-0.39, 0.29) is 5.41 Å². The van der Waals surface area contributed by atoms with Crippen molar-refractivity contribution in [2.45, 2.75) is 19.3 Å². The Bertz CT molecular complexity index is 653. The number of benzene rings is 1. The van der Waals surface area contributed by atoms with Crippen LogP contribution in [0.15, 0.2) is 40.7 Å². The largest absolute Gasteiger partial charge is 0.495 e. The summed E-state index contributed by atoms with van der Waals surface area (Å²) in [4.78, 5) is 5.72. The molecule has 1 aromatic carbocycles. The number of aliphatic imine (C=N–C) groups is 1. The summed E-state index contributed by atoms with van der Waals surface area (Å²) in [5, 5.41) is 5.64. The standard InChI is InChI=1S/C16H20ClN3OS/c1-16(2,14-5-4-8-22-14)10-19-15(18)20-11-6-7-13(21-3)12(17)9-11/h4-9H,10H2,1-3H3,(H3,18,19,20). The zero-order chi connectivity index (χ0) is 16.2. The molecule has 1 heterocycles. The molecule has 118 valence electrons. The van der Waals surface area contributed by atoms with Crippen LogP contribution in [-0.4, -0.2) is 19.6 Å². The van der Waals surface area contributed by atoms with Crippen molar-refractivity contribution in [3.05, 3.63) is 45.6 Å². The number of hydrogen-bond acceptors (Lipinski definition) is 3. The van der Waals surface area contributed by atoms with Crippen LogP contribution in [0.4, 0.5) is 5.69 Å². The van der Waals surface area contributed by atoms with E-state index in [0.29, 0.717) is 23.3 Å². The summed E-state index contributed by atoms with van der Waals surface area (Å²) in [6.45, 7) is 4.91. The maximum atomic E-state index is 6.09. The van der Waals surface area contributed by atoms with Gasteiger partial charge in [-0.05, 0) is 29.6 Å². The van der Waals surface area contributed by atoms with Gasteiger partial charge in [-0.15, -0.1) is 11.3 Å². The normalized spacial score (nSPS) is 12.3. The molecule has 0 saturated heterocycles. The molecule has 0 fully saturated rings. The molecule has 0 radical (unpaired) electrons. The van der Waals surface area contributed by atoms with Crippen molar-refractivity contribution >= 4 is 34.6 Å². The highest BCUT2D eigenvalue weighted by Gasteiger charge is 2.21. The summed E-state index contributed by atoms with van der Waals surface area (Å²) in [6.07, 6.45) is 0. The van der Waals surface area contributed by atoms with Crippen molar-refractivity contribution in [3.8, 4) is 5.75 Å². The third-order valence-corrected chi connectivity index (χ3v) is 4.79. The quantitative estimate of drug-likeness (QED) is 0.637. The Hall–Kier alpha value is -1.72. The van der Waals surface area contributed by atoms with E-state index in [1.807, 2.05) is 12.1 Å². The van der Waals surface area contributed by atoms with Gasteiger partial charge in [0.2, 0.25) is 0 Å². The number of nitrogens with one attached hydrogen (secondary N) is 1. The molecule has 6 heteroatoms. The first-order valence-electron chi connectivity index (χ1n) is 6.87. The molecule has 2 aromatic rings. The molecule has 1 aromatic heterocycles. The van der Waals surface area contributed by atoms with Gasteiger partial charge in [-0.25, -0.2) is 0 Å². The maximum Gasteiger partial charge on any atom is 0.193 e. The highest BCUT2D eigenvalue weighted by atomic mass is 35.5. The van der Waals surface area contributed by atoms with Gasteiger partial charge < -0.3 is 15.8 Å². The molecule has 4 nitrogen and oxygen atoms in total. The van der Waals surface area contributed by atoms with Gasteiger partial charge in [0, 0.05) is 16.0 Å². The second-order valence-corrected chi connectivity index (χ2v) is 6.89. The Morgan fingerprint density at radius 3 is 2.77 bits per heavy atom. The van der Waals surface area contributed by atoms with Gasteiger partial charge in [0.15, 0.2) is 5.96 Å². The van der Waals surface area contributed by atoms with E-state index >= 15 is 0 Å². The van der Waals surface area contributed by atoms with Crippen LogP contribution in [0.1, 0.15) is 18.7 Å². The second kappa shape index (κ2) is 7.03. The molecule has 0 aliphatic carbocycles. The van der Waals surface area contributed by atoms with E-state index in [1.165, 1.54) is 4.88 Å². The molecule has 0 unspecified atom stereocenters. The first-order chi connectivity index (χ1) is 10.4. The topological polar surface area (TPSA) is 59.6 Å². The summed E-state index contributed by atoms with van der Waals surface area (Å²) in [6, 6.07) is 9.55. The molecule has 0 amide bonds. The Morgan fingerprint density at radius 1 is 1.41 bits per heavy atom. The lowest BCUT2D eigenvalue weighted by Crippen LogP contribution is -2.27. The molecule has 3 N–H and O–H groups in total. The van der Waals surface area contributed by atoms with E-state index in [0.717, 1.165) is 5.69 Å². The summed E-state index contributed by atoms with van der Waals surface area (Å²) in [5.41, 5.74) is 6.69. The van der Waals surface area contributed by atoms with E-state index in [9.17, 15) is 0 Å². The van der Waals surface area contributed by atoms with E-state index in [4.69, 9.17) is 22.1 Å². The van der Waals surface area contributed by atoms with Crippen molar-refractivity contribution in [2.24, 2.45) is 10.7 Å². The van der Waals surface area contributed by atoms with Crippen LogP contribution >= 0.6 is 22.9 Å². The maximum absolute atomic E-state index is 6.09. The molecule has 0 aliphatic heterocycles. The van der Waals surface area contributed by atoms with Crippen molar-refractivity contribution < 1.29 is 4.74 Å². The summed E-state index contributed by atoms with van der Waals surface area (Å²) in [7, 11) is 1.58. The highest BCUT2D eigenvalue weighted by molar-refractivity contribution is 7.10. The predicted octanol–water partition coefficient (Wildman–Crippen LogP) is 4.11. The van der Waals surface area contributed by atoms with Gasteiger partial charge >= 0.3 is 0 Å². The molecule has 0 atom stereocenters. The summed E-state index contributed by atoms with van der Waals surface area (Å²) < 4.78 is 5.12. The number of anilines is 1. The first kappa shape index (κ1) is 16.6. The number of methoxy groups -OCH3 is 1. The lowest BCUT2D eigenvalue weighted by atomic mass is 9.92. The number of ether oxygens (including phenoxy) is 1. The number of hydrogen-bond donors (Lipinski definition) is 2. The number of guanidine groups is 1. The van der Waals surface area contributed by atoms with Crippen molar-refractivity contribution in [2.75, 3.05) is 19.0 Å². The minimum absolute atomic E-state index is 0.0436. The Kier molecular flexibility index (Phi) is 5.32. The van der Waals surface area contributed by atoms with Gasteiger partial charge in [-0.2, -0.15) is 0 Å². The van der Waals surface area contributed by atoms with Crippen LogP contribution < -0.4 is 15.8 Å². The van der Waals surface area contributed by atoms with Crippen LogP contribution in [0.25, 0.3) is 0 Å². The van der Waals surface area contributed by atoms with Gasteiger partial charge in [-0.3, -0.25) is 4.99 Å². The fraction of sp³-hybridized carbons (Fsp3) is 0.312. The SMILES string of the molecule is COc1ccc(NC(N)=NCC(C)(C)c2cccs2)cc1Cl. The molecular weight excluding hydrogens is 318 g/mol. The molecule has 0 spiro atoms. The molecule has 0 bridgehead atoms. The number of thiophene rings is 1. The van der Waals surface area contributed by atoms with Crippen LogP contribution in [0.5, 0.6) is 5.75 Å². The first-order valence-corrected chi connectivity index (χ1v) is 8.12. The van der Waals surface area contributed by atoms with Gasteiger partial charge in [0.05, 0.1) is 18.7 Å². The average molecular weight is 338 g/mol. The van der Waals surface area contributed by atoms with Crippen molar-refractivity contribution in [1.82, 2.24) is 0 Å². The minimum Gasteiger partial charge on any atom is -0.495 e. The molecule has 0 saturated carbocycles. The predicted molar refractivity (Wildman–Crippen MR) is 95.5 cm³/mol. The van der Waals surface area contributed by atoms with Crippen LogP contribution in [0, 0.1) is 0 Å². The van der Waals surface area contributed by atoms with Gasteiger partial charge in [0.25, 0.3) is 0 Å². The Labute approximate surface area is 140 Å². The average Bonchev–Trinajstić information content (AvgIpc) is 3.00. The molecule has 0 aliphatic rings. The van der Waals surface area contributed by atoms with Crippen molar-refractivity contribution in [3.63, 3.8) is 0 Å². The van der Waals surface area contributed by atoms with Gasteiger partial charge in [0.1, 0.15) is 5.75 Å². The van der Waals surface area contributed by atoms with E-state index < -0.39 is 0 Å². The number of nitrogens with zero attached hydrogens (tertiary/aromatic N) is 1. The zero-order valence-electron chi connectivity index (χ0n) is 12.9.